The van der Waals surface area contributed by atoms with Crippen molar-refractivity contribution in [2.45, 2.75) is 16.5 Å². The molecule has 130 valence electrons. The number of amides is 1. The third-order valence-corrected chi connectivity index (χ3v) is 6.20. The van der Waals surface area contributed by atoms with Gasteiger partial charge >= 0.3 is 0 Å². The molecule has 0 fully saturated rings. The van der Waals surface area contributed by atoms with Crippen molar-refractivity contribution in [1.29, 1.82) is 0 Å². The van der Waals surface area contributed by atoms with Gasteiger partial charge in [0.2, 0.25) is 5.91 Å². The second-order valence-electron chi connectivity index (χ2n) is 5.19. The number of benzene rings is 1. The predicted octanol–water partition coefficient (Wildman–Crippen LogP) is 4.39. The van der Waals surface area contributed by atoms with Crippen molar-refractivity contribution in [2.24, 2.45) is 7.05 Å². The molecule has 8 heteroatoms. The summed E-state index contributed by atoms with van der Waals surface area (Å²) in [5.74, 6) is 1.52. The summed E-state index contributed by atoms with van der Waals surface area (Å²) in [4.78, 5) is 14.3. The number of thioether (sulfide) groups is 2. The highest BCUT2D eigenvalue weighted by atomic mass is 32.2. The van der Waals surface area contributed by atoms with E-state index in [2.05, 4.69) is 15.5 Å². The highest BCUT2D eigenvalue weighted by Gasteiger charge is 2.13. The third-order valence-electron chi connectivity index (χ3n) is 3.52. The summed E-state index contributed by atoms with van der Waals surface area (Å²) >= 11 is 4.80. The molecule has 25 heavy (non-hydrogen) atoms. The van der Waals surface area contributed by atoms with Crippen molar-refractivity contribution < 1.29 is 4.79 Å². The van der Waals surface area contributed by atoms with E-state index in [9.17, 15) is 4.79 Å². The van der Waals surface area contributed by atoms with E-state index in [0.717, 1.165) is 26.4 Å². The number of rotatable bonds is 7. The van der Waals surface area contributed by atoms with E-state index < -0.39 is 0 Å². The number of nitrogens with one attached hydrogen (secondary N) is 1. The minimum absolute atomic E-state index is 0.00893. The van der Waals surface area contributed by atoms with Gasteiger partial charge in [-0.15, -0.1) is 33.3 Å². The summed E-state index contributed by atoms with van der Waals surface area (Å²) in [5.41, 5.74) is 0.864. The van der Waals surface area contributed by atoms with Gasteiger partial charge in [0, 0.05) is 24.1 Å². The maximum Gasteiger partial charge on any atom is 0.225 e. The van der Waals surface area contributed by atoms with Crippen LogP contribution in [-0.2, 0) is 11.8 Å². The number of aromatic nitrogens is 3. The first-order valence-corrected chi connectivity index (χ1v) is 10.8. The van der Waals surface area contributed by atoms with Crippen molar-refractivity contribution in [3.8, 4) is 10.7 Å². The van der Waals surface area contributed by atoms with Crippen LogP contribution in [0.1, 0.15) is 6.42 Å². The summed E-state index contributed by atoms with van der Waals surface area (Å²) in [6.45, 7) is 0. The Balaban J connectivity index is 1.54. The zero-order valence-corrected chi connectivity index (χ0v) is 16.4. The minimum Gasteiger partial charge on any atom is -0.325 e. The van der Waals surface area contributed by atoms with Gasteiger partial charge in [0.1, 0.15) is 0 Å². The molecule has 1 N–H and O–H groups in total. The Labute approximate surface area is 159 Å². The summed E-state index contributed by atoms with van der Waals surface area (Å²) in [6.07, 6.45) is 2.43. The number of thiophene rings is 1. The van der Waals surface area contributed by atoms with Gasteiger partial charge in [-0.3, -0.25) is 4.79 Å². The Morgan fingerprint density at radius 2 is 2.08 bits per heavy atom. The fourth-order valence-corrected chi connectivity index (χ4v) is 4.40. The van der Waals surface area contributed by atoms with E-state index >= 15 is 0 Å². The molecule has 1 amide bonds. The molecule has 0 saturated carbocycles. The fourth-order valence-electron chi connectivity index (χ4n) is 2.26. The molecule has 2 heterocycles. The summed E-state index contributed by atoms with van der Waals surface area (Å²) < 4.78 is 1.97. The second-order valence-corrected chi connectivity index (χ2v) is 8.05. The van der Waals surface area contributed by atoms with Gasteiger partial charge in [0.25, 0.3) is 0 Å². The van der Waals surface area contributed by atoms with Crippen LogP contribution in [0.25, 0.3) is 10.7 Å². The molecule has 0 aliphatic heterocycles. The lowest BCUT2D eigenvalue weighted by Crippen LogP contribution is -2.13. The van der Waals surface area contributed by atoms with Gasteiger partial charge in [0.05, 0.1) is 10.6 Å². The molecular formula is C17H18N4OS3. The summed E-state index contributed by atoms with van der Waals surface area (Å²) in [6, 6.07) is 11.8. The van der Waals surface area contributed by atoms with Crippen LogP contribution in [-0.4, -0.2) is 32.7 Å². The second kappa shape index (κ2) is 8.55. The molecule has 5 nitrogen and oxygen atoms in total. The Morgan fingerprint density at radius 1 is 1.24 bits per heavy atom. The van der Waals surface area contributed by atoms with E-state index in [4.69, 9.17) is 0 Å². The first kappa shape index (κ1) is 18.0. The van der Waals surface area contributed by atoms with Crippen LogP contribution in [0.5, 0.6) is 0 Å². The molecular weight excluding hydrogens is 372 g/mol. The molecule has 0 aliphatic carbocycles. The maximum atomic E-state index is 12.2. The molecule has 0 radical (unpaired) electrons. The molecule has 3 aromatic rings. The lowest BCUT2D eigenvalue weighted by atomic mass is 10.3. The number of hydrogen-bond acceptors (Lipinski definition) is 6. The first-order valence-electron chi connectivity index (χ1n) is 7.68. The van der Waals surface area contributed by atoms with Crippen LogP contribution < -0.4 is 5.32 Å². The van der Waals surface area contributed by atoms with Gasteiger partial charge in [-0.2, -0.15) is 0 Å². The largest absolute Gasteiger partial charge is 0.325 e. The zero-order chi connectivity index (χ0) is 17.6. The minimum atomic E-state index is 0.00893. The van der Waals surface area contributed by atoms with Crippen LogP contribution in [0, 0.1) is 0 Å². The van der Waals surface area contributed by atoms with Gasteiger partial charge in [-0.1, -0.05) is 30.0 Å². The van der Waals surface area contributed by atoms with Crippen LogP contribution in [0.15, 0.2) is 51.8 Å². The van der Waals surface area contributed by atoms with Crippen molar-refractivity contribution >= 4 is 46.5 Å². The van der Waals surface area contributed by atoms with Gasteiger partial charge in [-0.05, 0) is 29.8 Å². The Hall–Kier alpha value is -1.77. The molecule has 1 aromatic carbocycles. The number of anilines is 1. The number of para-hydroxylation sites is 1. The smallest absolute Gasteiger partial charge is 0.225 e. The topological polar surface area (TPSA) is 59.8 Å². The Kier molecular flexibility index (Phi) is 6.17. The summed E-state index contributed by atoms with van der Waals surface area (Å²) in [5, 5.41) is 14.3. The van der Waals surface area contributed by atoms with Crippen LogP contribution >= 0.6 is 34.9 Å². The Morgan fingerprint density at radius 3 is 2.84 bits per heavy atom. The van der Waals surface area contributed by atoms with E-state index in [1.165, 1.54) is 0 Å². The van der Waals surface area contributed by atoms with Crippen molar-refractivity contribution in [2.75, 3.05) is 17.3 Å². The van der Waals surface area contributed by atoms with Gasteiger partial charge in [-0.25, -0.2) is 0 Å². The SMILES string of the molecule is CSc1ccccc1NC(=O)CCSc1nnc(-c2cccs2)n1C. The molecule has 0 saturated heterocycles. The van der Waals surface area contributed by atoms with E-state index in [-0.39, 0.29) is 5.91 Å². The molecule has 3 rings (SSSR count). The molecule has 0 atom stereocenters. The van der Waals surface area contributed by atoms with Crippen molar-refractivity contribution in [3.63, 3.8) is 0 Å². The normalized spacial score (nSPS) is 10.8. The monoisotopic (exact) mass is 390 g/mol. The number of hydrogen-bond donors (Lipinski definition) is 1. The predicted molar refractivity (Wildman–Crippen MR) is 107 cm³/mol. The van der Waals surface area contributed by atoms with Gasteiger partial charge < -0.3 is 9.88 Å². The van der Waals surface area contributed by atoms with E-state index in [0.29, 0.717) is 12.2 Å². The number of carbonyl (C=O) groups is 1. The maximum absolute atomic E-state index is 12.2. The lowest BCUT2D eigenvalue weighted by molar-refractivity contribution is -0.115. The van der Waals surface area contributed by atoms with Crippen molar-refractivity contribution in [3.05, 3.63) is 41.8 Å². The number of carbonyl (C=O) groups excluding carboxylic acids is 1. The number of nitrogens with zero attached hydrogens (tertiary/aromatic N) is 3. The zero-order valence-electron chi connectivity index (χ0n) is 13.9. The molecule has 0 spiro atoms. The Bertz CT molecular complexity index is 845. The van der Waals surface area contributed by atoms with Crippen LogP contribution in [0.4, 0.5) is 5.69 Å². The average Bonchev–Trinajstić information content (AvgIpc) is 3.26. The first-order chi connectivity index (χ1) is 12.2. The lowest BCUT2D eigenvalue weighted by Gasteiger charge is -2.09. The van der Waals surface area contributed by atoms with E-state index in [1.807, 2.05) is 59.6 Å². The molecule has 2 aromatic heterocycles. The standard InChI is InChI=1S/C17H18N4OS3/c1-21-16(14-8-5-10-24-14)19-20-17(21)25-11-9-15(22)18-12-6-3-4-7-13(12)23-2/h3-8,10H,9,11H2,1-2H3,(H,18,22). The highest BCUT2D eigenvalue weighted by Crippen LogP contribution is 2.27. The fraction of sp³-hybridized carbons (Fsp3) is 0.235. The highest BCUT2D eigenvalue weighted by molar-refractivity contribution is 7.99. The quantitative estimate of drug-likeness (QED) is 0.607. The van der Waals surface area contributed by atoms with Crippen LogP contribution in [0.3, 0.4) is 0 Å². The summed E-state index contributed by atoms with van der Waals surface area (Å²) in [7, 11) is 1.95. The molecule has 0 unspecified atom stereocenters. The molecule has 0 bridgehead atoms. The third kappa shape index (κ3) is 4.45. The van der Waals surface area contributed by atoms with Gasteiger partial charge in [0.15, 0.2) is 11.0 Å². The van der Waals surface area contributed by atoms with Crippen LogP contribution in [0.2, 0.25) is 0 Å². The van der Waals surface area contributed by atoms with Crippen molar-refractivity contribution in [1.82, 2.24) is 14.8 Å². The molecule has 0 aliphatic rings. The van der Waals surface area contributed by atoms with E-state index in [1.54, 1.807) is 34.9 Å². The average molecular weight is 391 g/mol.